The summed E-state index contributed by atoms with van der Waals surface area (Å²) in [6.07, 6.45) is 10.3. The maximum Gasteiger partial charge on any atom is 0.252 e. The number of hydrogen-bond donors (Lipinski definition) is 1. The van der Waals surface area contributed by atoms with Gasteiger partial charge in [-0.1, -0.05) is 62.1 Å². The van der Waals surface area contributed by atoms with Crippen molar-refractivity contribution in [3.05, 3.63) is 70.3 Å². The summed E-state index contributed by atoms with van der Waals surface area (Å²) in [4.78, 5) is 13.1. The molecular formula is C26H33NO. The molecule has 2 aromatic carbocycles. The fourth-order valence-corrected chi connectivity index (χ4v) is 4.65. The van der Waals surface area contributed by atoms with Gasteiger partial charge in [0.1, 0.15) is 0 Å². The van der Waals surface area contributed by atoms with Crippen molar-refractivity contribution in [1.29, 1.82) is 0 Å². The largest absolute Gasteiger partial charge is 0.345 e. The van der Waals surface area contributed by atoms with Crippen LogP contribution in [0.1, 0.15) is 83.6 Å². The summed E-state index contributed by atoms with van der Waals surface area (Å²) in [6.45, 7) is 4.12. The van der Waals surface area contributed by atoms with Crippen LogP contribution in [0.2, 0.25) is 0 Å². The van der Waals surface area contributed by atoms with Gasteiger partial charge in [0, 0.05) is 5.56 Å². The molecule has 1 atom stereocenters. The molecule has 0 saturated heterocycles. The maximum atomic E-state index is 13.1. The Morgan fingerprint density at radius 3 is 2.39 bits per heavy atom. The third-order valence-electron chi connectivity index (χ3n) is 6.88. The number of carbonyl (C=O) groups excluding carboxylic acids is 1. The highest BCUT2D eigenvalue weighted by molar-refractivity contribution is 5.96. The number of carbonyl (C=O) groups is 1. The molecule has 4 rings (SSSR count). The Bertz CT molecular complexity index is 813. The summed E-state index contributed by atoms with van der Waals surface area (Å²) >= 11 is 0. The lowest BCUT2D eigenvalue weighted by atomic mass is 9.90. The third-order valence-corrected chi connectivity index (χ3v) is 6.88. The van der Waals surface area contributed by atoms with Gasteiger partial charge in [-0.2, -0.15) is 0 Å². The molecule has 0 aliphatic heterocycles. The minimum Gasteiger partial charge on any atom is -0.345 e. The Morgan fingerprint density at radius 2 is 1.71 bits per heavy atom. The van der Waals surface area contributed by atoms with E-state index in [9.17, 15) is 4.79 Å². The van der Waals surface area contributed by atoms with Crippen LogP contribution >= 0.6 is 0 Å². The van der Waals surface area contributed by atoms with Crippen LogP contribution in [0.3, 0.4) is 0 Å². The van der Waals surface area contributed by atoms with Gasteiger partial charge in [0.25, 0.3) is 5.91 Å². The van der Waals surface area contributed by atoms with Crippen LogP contribution < -0.4 is 5.32 Å². The highest BCUT2D eigenvalue weighted by Gasteiger charge is 2.28. The molecule has 2 saturated carbocycles. The lowest BCUT2D eigenvalue weighted by molar-refractivity contribution is 0.0921. The molecule has 2 aliphatic rings. The molecule has 148 valence electrons. The number of amides is 1. The van der Waals surface area contributed by atoms with Gasteiger partial charge in [0.05, 0.1) is 6.04 Å². The van der Waals surface area contributed by atoms with Crippen molar-refractivity contribution in [3.8, 4) is 0 Å². The summed E-state index contributed by atoms with van der Waals surface area (Å²) in [7, 11) is 0. The predicted molar refractivity (Wildman–Crippen MR) is 116 cm³/mol. The molecule has 2 aromatic rings. The smallest absolute Gasteiger partial charge is 0.252 e. The number of hydrogen-bond acceptors (Lipinski definition) is 1. The van der Waals surface area contributed by atoms with Crippen LogP contribution in [0.4, 0.5) is 0 Å². The van der Waals surface area contributed by atoms with Gasteiger partial charge < -0.3 is 5.32 Å². The SMILES string of the molecule is Cc1cccc(C(=O)N[C@@H](c2ccc(CCC3CC3)cc2)C2CCCC2)c1C. The third kappa shape index (κ3) is 4.48. The van der Waals surface area contributed by atoms with Crippen LogP contribution in [-0.2, 0) is 6.42 Å². The van der Waals surface area contributed by atoms with E-state index in [1.54, 1.807) is 0 Å². The minimum atomic E-state index is 0.0657. The van der Waals surface area contributed by atoms with Crippen molar-refractivity contribution in [3.63, 3.8) is 0 Å². The van der Waals surface area contributed by atoms with E-state index in [0.717, 1.165) is 17.0 Å². The Balaban J connectivity index is 1.51. The fourth-order valence-electron chi connectivity index (χ4n) is 4.65. The molecule has 28 heavy (non-hydrogen) atoms. The van der Waals surface area contributed by atoms with E-state index < -0.39 is 0 Å². The molecule has 2 nitrogen and oxygen atoms in total. The van der Waals surface area contributed by atoms with E-state index in [0.29, 0.717) is 5.92 Å². The van der Waals surface area contributed by atoms with Gasteiger partial charge in [-0.25, -0.2) is 0 Å². The highest BCUT2D eigenvalue weighted by atomic mass is 16.1. The standard InChI is InChI=1S/C26H33NO/c1-18-6-5-9-24(19(18)2)26(28)27-25(22-7-3-4-8-22)23-16-14-21(15-17-23)13-12-20-10-11-20/h5-6,9,14-17,20,22,25H,3-4,7-8,10-13H2,1-2H3,(H,27,28)/t25-/m1/s1. The molecule has 1 N–H and O–H groups in total. The van der Waals surface area contributed by atoms with Gasteiger partial charge >= 0.3 is 0 Å². The first-order valence-corrected chi connectivity index (χ1v) is 11.1. The zero-order chi connectivity index (χ0) is 19.5. The van der Waals surface area contributed by atoms with Gasteiger partial charge in [0.15, 0.2) is 0 Å². The zero-order valence-corrected chi connectivity index (χ0v) is 17.3. The summed E-state index contributed by atoms with van der Waals surface area (Å²) < 4.78 is 0. The van der Waals surface area contributed by atoms with E-state index in [2.05, 4.69) is 42.6 Å². The normalized spacial score (nSPS) is 18.2. The van der Waals surface area contributed by atoms with Crippen LogP contribution in [0.15, 0.2) is 42.5 Å². The van der Waals surface area contributed by atoms with Crippen LogP contribution in [0.25, 0.3) is 0 Å². The highest BCUT2D eigenvalue weighted by Crippen LogP contribution is 2.37. The average molecular weight is 376 g/mol. The summed E-state index contributed by atoms with van der Waals surface area (Å²) in [5.41, 5.74) is 5.76. The molecule has 0 aromatic heterocycles. The zero-order valence-electron chi connectivity index (χ0n) is 17.3. The quantitative estimate of drug-likeness (QED) is 0.604. The van der Waals surface area contributed by atoms with E-state index in [1.165, 1.54) is 68.1 Å². The molecule has 0 bridgehead atoms. The molecule has 2 aliphatic carbocycles. The predicted octanol–water partition coefficient (Wildman–Crippen LogP) is 6.31. The molecule has 1 amide bonds. The molecule has 2 heteroatoms. The first-order chi connectivity index (χ1) is 13.6. The average Bonchev–Trinajstić information content (AvgIpc) is 3.38. The lowest BCUT2D eigenvalue weighted by Crippen LogP contribution is -2.33. The van der Waals surface area contributed by atoms with Crippen molar-refractivity contribution in [1.82, 2.24) is 5.32 Å². The van der Waals surface area contributed by atoms with Crippen LogP contribution in [0, 0.1) is 25.7 Å². The molecule has 2 fully saturated rings. The van der Waals surface area contributed by atoms with E-state index >= 15 is 0 Å². The van der Waals surface area contributed by atoms with Crippen molar-refractivity contribution in [2.45, 2.75) is 71.3 Å². The summed E-state index contributed by atoms with van der Waals surface area (Å²) in [5.74, 6) is 1.59. The summed E-state index contributed by atoms with van der Waals surface area (Å²) in [5, 5.41) is 3.40. The van der Waals surface area contributed by atoms with Crippen molar-refractivity contribution in [2.24, 2.45) is 11.8 Å². The molecule has 0 radical (unpaired) electrons. The minimum absolute atomic E-state index is 0.0657. The van der Waals surface area contributed by atoms with Gasteiger partial charge in [0.2, 0.25) is 0 Å². The fraction of sp³-hybridized carbons (Fsp3) is 0.500. The second kappa shape index (κ2) is 8.51. The molecule has 0 spiro atoms. The van der Waals surface area contributed by atoms with Crippen molar-refractivity contribution in [2.75, 3.05) is 0 Å². The lowest BCUT2D eigenvalue weighted by Gasteiger charge is -2.26. The van der Waals surface area contributed by atoms with E-state index in [1.807, 2.05) is 19.1 Å². The second-order valence-corrected chi connectivity index (χ2v) is 8.97. The van der Waals surface area contributed by atoms with Crippen molar-refractivity contribution < 1.29 is 4.79 Å². The Morgan fingerprint density at radius 1 is 1.00 bits per heavy atom. The van der Waals surface area contributed by atoms with Crippen LogP contribution in [-0.4, -0.2) is 5.91 Å². The van der Waals surface area contributed by atoms with E-state index in [4.69, 9.17) is 0 Å². The van der Waals surface area contributed by atoms with Gasteiger partial charge in [-0.3, -0.25) is 4.79 Å². The molecule has 0 unspecified atom stereocenters. The van der Waals surface area contributed by atoms with Gasteiger partial charge in [-0.05, 0) is 79.7 Å². The van der Waals surface area contributed by atoms with Gasteiger partial charge in [-0.15, -0.1) is 0 Å². The van der Waals surface area contributed by atoms with Crippen molar-refractivity contribution >= 4 is 5.91 Å². The Labute approximate surface area is 169 Å². The number of rotatable bonds is 7. The van der Waals surface area contributed by atoms with Crippen LogP contribution in [0.5, 0.6) is 0 Å². The maximum absolute atomic E-state index is 13.1. The molecule has 0 heterocycles. The Kier molecular flexibility index (Phi) is 5.85. The molecular weight excluding hydrogens is 342 g/mol. The summed E-state index contributed by atoms with van der Waals surface area (Å²) in [6, 6.07) is 15.2. The first-order valence-electron chi connectivity index (χ1n) is 11.1. The van der Waals surface area contributed by atoms with E-state index in [-0.39, 0.29) is 11.9 Å². The number of nitrogens with one attached hydrogen (secondary N) is 1. The second-order valence-electron chi connectivity index (χ2n) is 8.97. The monoisotopic (exact) mass is 375 g/mol. The topological polar surface area (TPSA) is 29.1 Å². The Hall–Kier alpha value is -2.09. The number of benzene rings is 2. The number of aryl methyl sites for hydroxylation is 2. The first kappa shape index (κ1) is 19.2.